The average molecular weight is 225 g/mol. The molecule has 0 aromatic carbocycles. The maximum atomic E-state index is 11.8. The Hall–Kier alpha value is -0.770. The van der Waals surface area contributed by atoms with Crippen molar-refractivity contribution in [1.82, 2.24) is 15.5 Å². The van der Waals surface area contributed by atoms with Crippen LogP contribution in [0.2, 0.25) is 0 Å². The molecule has 0 saturated carbocycles. The zero-order chi connectivity index (χ0) is 11.5. The summed E-state index contributed by atoms with van der Waals surface area (Å²) in [4.78, 5) is 13.7. The van der Waals surface area contributed by atoms with Crippen LogP contribution >= 0.6 is 0 Å². The third kappa shape index (κ3) is 2.67. The van der Waals surface area contributed by atoms with Crippen molar-refractivity contribution in [3.63, 3.8) is 0 Å². The molecule has 2 aliphatic heterocycles. The van der Waals surface area contributed by atoms with Crippen molar-refractivity contribution >= 4 is 6.03 Å². The van der Waals surface area contributed by atoms with Gasteiger partial charge in [0.05, 0.1) is 6.04 Å². The van der Waals surface area contributed by atoms with Crippen LogP contribution in [0.1, 0.15) is 26.7 Å². The first-order valence-corrected chi connectivity index (χ1v) is 6.43. The van der Waals surface area contributed by atoms with E-state index in [0.29, 0.717) is 17.9 Å². The lowest BCUT2D eigenvalue weighted by Crippen LogP contribution is -2.39. The van der Waals surface area contributed by atoms with Gasteiger partial charge in [-0.15, -0.1) is 0 Å². The number of hydrogen-bond donors (Lipinski definition) is 2. The normalized spacial score (nSPS) is 30.9. The van der Waals surface area contributed by atoms with E-state index in [2.05, 4.69) is 24.5 Å². The van der Waals surface area contributed by atoms with Crippen molar-refractivity contribution in [2.75, 3.05) is 26.2 Å². The van der Waals surface area contributed by atoms with Crippen LogP contribution in [0.4, 0.5) is 4.79 Å². The second-order valence-electron chi connectivity index (χ2n) is 5.42. The number of urea groups is 1. The van der Waals surface area contributed by atoms with Crippen molar-refractivity contribution < 1.29 is 4.79 Å². The van der Waals surface area contributed by atoms with Gasteiger partial charge < -0.3 is 15.5 Å². The lowest BCUT2D eigenvalue weighted by molar-refractivity contribution is 0.201. The van der Waals surface area contributed by atoms with Crippen LogP contribution in [-0.4, -0.2) is 43.2 Å². The molecule has 2 heterocycles. The first kappa shape index (κ1) is 11.7. The van der Waals surface area contributed by atoms with E-state index in [0.717, 1.165) is 26.2 Å². The van der Waals surface area contributed by atoms with E-state index < -0.39 is 0 Å². The fourth-order valence-corrected chi connectivity index (χ4v) is 2.54. The van der Waals surface area contributed by atoms with Crippen molar-refractivity contribution in [3.8, 4) is 0 Å². The Labute approximate surface area is 97.8 Å². The monoisotopic (exact) mass is 225 g/mol. The second-order valence-corrected chi connectivity index (χ2v) is 5.42. The topological polar surface area (TPSA) is 44.4 Å². The quantitative estimate of drug-likeness (QED) is 0.753. The Bertz CT molecular complexity index is 249. The highest BCUT2D eigenvalue weighted by Crippen LogP contribution is 2.17. The van der Waals surface area contributed by atoms with Gasteiger partial charge in [-0.2, -0.15) is 0 Å². The molecule has 0 radical (unpaired) electrons. The molecule has 2 N–H and O–H groups in total. The number of hydrogen-bond acceptors (Lipinski definition) is 2. The van der Waals surface area contributed by atoms with Gasteiger partial charge >= 0.3 is 6.03 Å². The fourth-order valence-electron chi connectivity index (χ4n) is 2.54. The predicted octanol–water partition coefficient (Wildman–Crippen LogP) is 1.04. The summed E-state index contributed by atoms with van der Waals surface area (Å²) in [6.45, 7) is 8.33. The summed E-state index contributed by atoms with van der Waals surface area (Å²) >= 11 is 0. The molecule has 4 heteroatoms. The van der Waals surface area contributed by atoms with Crippen LogP contribution in [0.3, 0.4) is 0 Å². The fraction of sp³-hybridized carbons (Fsp3) is 0.917. The zero-order valence-electron chi connectivity index (χ0n) is 10.3. The Morgan fingerprint density at radius 3 is 2.88 bits per heavy atom. The number of carbonyl (C=O) groups excluding carboxylic acids is 1. The Morgan fingerprint density at radius 1 is 1.50 bits per heavy atom. The molecule has 16 heavy (non-hydrogen) atoms. The van der Waals surface area contributed by atoms with Gasteiger partial charge in [-0.25, -0.2) is 4.79 Å². The van der Waals surface area contributed by atoms with E-state index in [1.165, 1.54) is 12.8 Å². The number of amides is 2. The molecule has 0 aromatic rings. The van der Waals surface area contributed by atoms with Crippen molar-refractivity contribution in [3.05, 3.63) is 0 Å². The summed E-state index contributed by atoms with van der Waals surface area (Å²) in [6, 6.07) is 0.466. The van der Waals surface area contributed by atoms with Gasteiger partial charge in [0.2, 0.25) is 0 Å². The number of piperidine rings is 1. The minimum Gasteiger partial charge on any atom is -0.333 e. The number of rotatable bonds is 3. The Morgan fingerprint density at radius 2 is 2.31 bits per heavy atom. The molecule has 92 valence electrons. The van der Waals surface area contributed by atoms with E-state index >= 15 is 0 Å². The van der Waals surface area contributed by atoms with Crippen LogP contribution < -0.4 is 10.6 Å². The largest absolute Gasteiger partial charge is 0.333 e. The summed E-state index contributed by atoms with van der Waals surface area (Å²) in [7, 11) is 0. The van der Waals surface area contributed by atoms with Gasteiger partial charge in [0.1, 0.15) is 0 Å². The third-order valence-electron chi connectivity index (χ3n) is 3.70. The number of nitrogens with zero attached hydrogens (tertiary/aromatic N) is 1. The molecule has 0 aliphatic carbocycles. The number of carbonyl (C=O) groups is 1. The van der Waals surface area contributed by atoms with Crippen LogP contribution in [0.5, 0.6) is 0 Å². The number of nitrogens with one attached hydrogen (secondary N) is 2. The SMILES string of the molecule is CC(C)C1CN(CC2CCCNC2)C(=O)N1. The maximum Gasteiger partial charge on any atom is 0.317 e. The summed E-state index contributed by atoms with van der Waals surface area (Å²) in [6.07, 6.45) is 2.50. The molecule has 0 spiro atoms. The van der Waals surface area contributed by atoms with E-state index in [1.54, 1.807) is 0 Å². The summed E-state index contributed by atoms with van der Waals surface area (Å²) in [5.74, 6) is 1.17. The summed E-state index contributed by atoms with van der Waals surface area (Å²) in [5, 5.41) is 6.46. The summed E-state index contributed by atoms with van der Waals surface area (Å²) in [5.41, 5.74) is 0. The van der Waals surface area contributed by atoms with E-state index in [1.807, 2.05) is 4.90 Å². The van der Waals surface area contributed by atoms with E-state index in [-0.39, 0.29) is 6.03 Å². The van der Waals surface area contributed by atoms with Gasteiger partial charge in [-0.3, -0.25) is 0 Å². The van der Waals surface area contributed by atoms with Gasteiger partial charge in [0.15, 0.2) is 0 Å². The van der Waals surface area contributed by atoms with Crippen LogP contribution in [-0.2, 0) is 0 Å². The molecular weight excluding hydrogens is 202 g/mol. The van der Waals surface area contributed by atoms with Crippen molar-refractivity contribution in [2.24, 2.45) is 11.8 Å². The highest BCUT2D eigenvalue weighted by Gasteiger charge is 2.31. The van der Waals surface area contributed by atoms with Gasteiger partial charge in [-0.05, 0) is 37.8 Å². The first-order chi connectivity index (χ1) is 7.66. The summed E-state index contributed by atoms with van der Waals surface area (Å²) < 4.78 is 0. The molecule has 2 saturated heterocycles. The molecule has 2 unspecified atom stereocenters. The minimum atomic E-state index is 0.129. The Kier molecular flexibility index (Phi) is 3.69. The van der Waals surface area contributed by atoms with Gasteiger partial charge in [0, 0.05) is 13.1 Å². The highest BCUT2D eigenvalue weighted by atomic mass is 16.2. The smallest absolute Gasteiger partial charge is 0.317 e. The van der Waals surface area contributed by atoms with Gasteiger partial charge in [-0.1, -0.05) is 13.8 Å². The first-order valence-electron chi connectivity index (χ1n) is 6.43. The van der Waals surface area contributed by atoms with Crippen molar-refractivity contribution in [1.29, 1.82) is 0 Å². The molecule has 0 aromatic heterocycles. The van der Waals surface area contributed by atoms with E-state index in [4.69, 9.17) is 0 Å². The highest BCUT2D eigenvalue weighted by molar-refractivity contribution is 5.76. The third-order valence-corrected chi connectivity index (χ3v) is 3.70. The molecule has 2 rings (SSSR count). The molecule has 2 fully saturated rings. The molecule has 2 aliphatic rings. The standard InChI is InChI=1S/C12H23N3O/c1-9(2)11-8-15(12(16)14-11)7-10-4-3-5-13-6-10/h9-11,13H,3-8H2,1-2H3,(H,14,16). The lowest BCUT2D eigenvalue weighted by atomic mass is 9.99. The van der Waals surface area contributed by atoms with Crippen molar-refractivity contribution in [2.45, 2.75) is 32.7 Å². The molecule has 4 nitrogen and oxygen atoms in total. The van der Waals surface area contributed by atoms with Gasteiger partial charge in [0.25, 0.3) is 0 Å². The average Bonchev–Trinajstić information content (AvgIpc) is 2.62. The predicted molar refractivity (Wildman–Crippen MR) is 64.3 cm³/mol. The van der Waals surface area contributed by atoms with Crippen LogP contribution in [0.25, 0.3) is 0 Å². The molecule has 2 atom stereocenters. The van der Waals surface area contributed by atoms with Crippen LogP contribution in [0, 0.1) is 11.8 Å². The maximum absolute atomic E-state index is 11.8. The molecular formula is C12H23N3O. The Balaban J connectivity index is 1.83. The molecule has 2 amide bonds. The van der Waals surface area contributed by atoms with Crippen LogP contribution in [0.15, 0.2) is 0 Å². The minimum absolute atomic E-state index is 0.129. The lowest BCUT2D eigenvalue weighted by Gasteiger charge is -2.27. The second kappa shape index (κ2) is 5.04. The zero-order valence-corrected chi connectivity index (χ0v) is 10.3. The van der Waals surface area contributed by atoms with E-state index in [9.17, 15) is 4.79 Å². The molecule has 0 bridgehead atoms.